The Kier molecular flexibility index (Phi) is 9.45. The largest absolute Gasteiger partial charge is 0.416 e. The van der Waals surface area contributed by atoms with Gasteiger partial charge in [0, 0.05) is 36.8 Å². The fourth-order valence-corrected chi connectivity index (χ4v) is 3.76. The van der Waals surface area contributed by atoms with Crippen molar-refractivity contribution in [2.24, 2.45) is 0 Å². The lowest BCUT2D eigenvalue weighted by Crippen LogP contribution is -2.26. The van der Waals surface area contributed by atoms with E-state index in [-0.39, 0.29) is 0 Å². The van der Waals surface area contributed by atoms with E-state index in [0.717, 1.165) is 48.8 Å². The van der Waals surface area contributed by atoms with E-state index >= 15 is 0 Å². The molecule has 0 aliphatic carbocycles. The molecule has 0 atom stereocenters. The summed E-state index contributed by atoms with van der Waals surface area (Å²) in [5, 5.41) is 1.26. The molecule has 4 rings (SSSR count). The van der Waals surface area contributed by atoms with Crippen LogP contribution in [0.1, 0.15) is 41.8 Å². The molecule has 3 aromatic rings. The van der Waals surface area contributed by atoms with Crippen LogP contribution in [0.3, 0.4) is 0 Å². The zero-order valence-corrected chi connectivity index (χ0v) is 20.2. The highest BCUT2D eigenvalue weighted by Gasteiger charge is 2.29. The van der Waals surface area contributed by atoms with E-state index in [1.54, 1.807) is 0 Å². The molecule has 2 nitrogen and oxygen atoms in total. The summed E-state index contributed by atoms with van der Waals surface area (Å²) in [6, 6.07) is 11.7. The number of hydrogen-bond acceptors (Lipinski definition) is 1. The smallest absolute Gasteiger partial charge is 0.320 e. The first-order valence-electron chi connectivity index (χ1n) is 11.2. The Hall–Kier alpha value is -3.12. The molecule has 0 radical (unpaired) electrons. The third-order valence-electron chi connectivity index (χ3n) is 5.41. The number of aryl methyl sites for hydroxylation is 1. The van der Waals surface area contributed by atoms with Gasteiger partial charge in [-0.2, -0.15) is 13.2 Å². The van der Waals surface area contributed by atoms with Crippen molar-refractivity contribution in [3.8, 4) is 0 Å². The predicted molar refractivity (Wildman–Crippen MR) is 135 cm³/mol. The molecule has 2 aromatic carbocycles. The number of rotatable bonds is 3. The summed E-state index contributed by atoms with van der Waals surface area (Å²) in [6.45, 7) is 14.0. The predicted octanol–water partition coefficient (Wildman–Crippen LogP) is 8.27. The fourth-order valence-electron chi connectivity index (χ4n) is 3.76. The lowest BCUT2D eigenvalue weighted by Gasteiger charge is -2.23. The Morgan fingerprint density at radius 2 is 1.68 bits per heavy atom. The van der Waals surface area contributed by atoms with Gasteiger partial charge in [-0.1, -0.05) is 50.8 Å². The quantitative estimate of drug-likeness (QED) is 0.275. The standard InChI is InChI=1S/C22H21F3N2.C4H5F.C2H6/c1-15-3-8-20-18(13-15)19-14-26(2)11-10-21(19)27(20)12-9-16-4-6-17(7-5-16)22(23,24)25;1-3-4(2)5;1-2/h3-9,12-13H,10-11,14H2,1-2H3;3H,1-2H2;1-2H3/b12-9+;;. The Labute approximate surface area is 199 Å². The van der Waals surface area contributed by atoms with E-state index in [0.29, 0.717) is 0 Å². The van der Waals surface area contributed by atoms with Gasteiger partial charge in [-0.25, -0.2) is 4.39 Å². The highest BCUT2D eigenvalue weighted by Crippen LogP contribution is 2.32. The van der Waals surface area contributed by atoms with Gasteiger partial charge in [0.1, 0.15) is 5.83 Å². The second kappa shape index (κ2) is 11.8. The van der Waals surface area contributed by atoms with Crippen LogP contribution in [0, 0.1) is 6.92 Å². The summed E-state index contributed by atoms with van der Waals surface area (Å²) in [4.78, 5) is 2.31. The Balaban J connectivity index is 0.000000520. The minimum atomic E-state index is -4.30. The Bertz CT molecular complexity index is 1150. The molecule has 0 saturated heterocycles. The first-order valence-corrected chi connectivity index (χ1v) is 11.2. The maximum Gasteiger partial charge on any atom is 0.416 e. The van der Waals surface area contributed by atoms with Crippen LogP contribution in [-0.4, -0.2) is 23.1 Å². The lowest BCUT2D eigenvalue weighted by molar-refractivity contribution is -0.137. The third kappa shape index (κ3) is 6.70. The maximum atomic E-state index is 12.7. The molecule has 0 saturated carbocycles. The van der Waals surface area contributed by atoms with Gasteiger partial charge >= 0.3 is 6.18 Å². The van der Waals surface area contributed by atoms with Crippen molar-refractivity contribution in [2.75, 3.05) is 13.6 Å². The molecule has 0 N–H and O–H groups in total. The summed E-state index contributed by atoms with van der Waals surface area (Å²) < 4.78 is 51.5. The first-order chi connectivity index (χ1) is 16.1. The molecule has 1 aliphatic heterocycles. The highest BCUT2D eigenvalue weighted by atomic mass is 19.4. The minimum absolute atomic E-state index is 0.481. The van der Waals surface area contributed by atoms with Gasteiger partial charge in [0.15, 0.2) is 0 Å². The van der Waals surface area contributed by atoms with E-state index in [4.69, 9.17) is 0 Å². The second-order valence-electron chi connectivity index (χ2n) is 7.89. The zero-order chi connectivity index (χ0) is 25.5. The number of benzene rings is 2. The molecule has 2 heterocycles. The van der Waals surface area contributed by atoms with E-state index in [1.165, 1.54) is 34.3 Å². The van der Waals surface area contributed by atoms with Gasteiger partial charge in [-0.3, -0.25) is 0 Å². The van der Waals surface area contributed by atoms with Crippen LogP contribution >= 0.6 is 0 Å². The first kappa shape index (κ1) is 27.1. The summed E-state index contributed by atoms with van der Waals surface area (Å²) in [5.41, 5.74) is 5.13. The van der Waals surface area contributed by atoms with Crippen LogP contribution in [0.4, 0.5) is 17.6 Å². The number of likely N-dealkylation sites (N-methyl/N-ethyl adjacent to an activating group) is 1. The Morgan fingerprint density at radius 1 is 1.06 bits per heavy atom. The number of hydrogen-bond donors (Lipinski definition) is 0. The average Bonchev–Trinajstić information content (AvgIpc) is 3.11. The Morgan fingerprint density at radius 3 is 2.24 bits per heavy atom. The van der Waals surface area contributed by atoms with E-state index in [9.17, 15) is 17.6 Å². The molecular weight excluding hydrogens is 440 g/mol. The van der Waals surface area contributed by atoms with Gasteiger partial charge in [-0.15, -0.1) is 0 Å². The van der Waals surface area contributed by atoms with E-state index < -0.39 is 17.6 Å². The van der Waals surface area contributed by atoms with Crippen LogP contribution in [0.15, 0.2) is 67.5 Å². The van der Waals surface area contributed by atoms with Crippen molar-refractivity contribution in [3.63, 3.8) is 0 Å². The highest BCUT2D eigenvalue weighted by molar-refractivity contribution is 5.89. The SMILES string of the molecule is C=CC(=C)F.CC.Cc1ccc2c(c1)c1c(n2/C=C/c2ccc(C(F)(F)F)cc2)CCN(C)C1. The summed E-state index contributed by atoms with van der Waals surface area (Å²) in [7, 11) is 2.12. The van der Waals surface area contributed by atoms with Crippen LogP contribution < -0.4 is 0 Å². The number of allylic oxidation sites excluding steroid dienone is 2. The lowest BCUT2D eigenvalue weighted by atomic mass is 10.0. The number of aromatic nitrogens is 1. The van der Waals surface area contributed by atoms with Gasteiger partial charge in [0.25, 0.3) is 0 Å². The number of nitrogens with zero attached hydrogens (tertiary/aromatic N) is 2. The van der Waals surface area contributed by atoms with Crippen molar-refractivity contribution in [2.45, 2.75) is 39.9 Å². The van der Waals surface area contributed by atoms with Crippen LogP contribution in [-0.2, 0) is 19.1 Å². The zero-order valence-electron chi connectivity index (χ0n) is 20.2. The maximum absolute atomic E-state index is 12.7. The molecule has 1 aromatic heterocycles. The number of halogens is 4. The molecule has 34 heavy (non-hydrogen) atoms. The van der Waals surface area contributed by atoms with Crippen molar-refractivity contribution < 1.29 is 17.6 Å². The molecule has 0 spiro atoms. The summed E-state index contributed by atoms with van der Waals surface area (Å²) in [5.74, 6) is -0.481. The molecule has 0 bridgehead atoms. The topological polar surface area (TPSA) is 8.17 Å². The van der Waals surface area contributed by atoms with Gasteiger partial charge in [-0.05, 0) is 61.5 Å². The van der Waals surface area contributed by atoms with Gasteiger partial charge < -0.3 is 9.47 Å². The van der Waals surface area contributed by atoms with Crippen LogP contribution in [0.25, 0.3) is 23.2 Å². The van der Waals surface area contributed by atoms with E-state index in [2.05, 4.69) is 54.8 Å². The van der Waals surface area contributed by atoms with Crippen molar-refractivity contribution in [3.05, 3.63) is 95.5 Å². The average molecular weight is 473 g/mol. The summed E-state index contributed by atoms with van der Waals surface area (Å²) >= 11 is 0. The van der Waals surface area contributed by atoms with Crippen molar-refractivity contribution in [1.29, 1.82) is 0 Å². The second-order valence-corrected chi connectivity index (χ2v) is 7.89. The van der Waals surface area contributed by atoms with Gasteiger partial charge in [0.05, 0.1) is 11.1 Å². The molecule has 1 aliphatic rings. The molecule has 182 valence electrons. The third-order valence-corrected chi connectivity index (χ3v) is 5.41. The monoisotopic (exact) mass is 472 g/mol. The number of fused-ring (bicyclic) bond motifs is 3. The normalized spacial score (nSPS) is 13.5. The molecule has 0 unspecified atom stereocenters. The van der Waals surface area contributed by atoms with Crippen LogP contribution in [0.2, 0.25) is 0 Å². The molecular formula is C28H32F4N2. The molecule has 0 amide bonds. The molecule has 6 heteroatoms. The van der Waals surface area contributed by atoms with Crippen molar-refractivity contribution in [1.82, 2.24) is 9.47 Å². The fraction of sp³-hybridized carbons (Fsp3) is 0.286. The van der Waals surface area contributed by atoms with Crippen LogP contribution in [0.5, 0.6) is 0 Å². The molecule has 0 fully saturated rings. The number of alkyl halides is 3. The summed E-state index contributed by atoms with van der Waals surface area (Å²) in [6.07, 6.45) is 1.56. The van der Waals surface area contributed by atoms with E-state index in [1.807, 2.05) is 26.1 Å². The van der Waals surface area contributed by atoms with Gasteiger partial charge in [0.2, 0.25) is 0 Å². The minimum Gasteiger partial charge on any atom is -0.320 e. The van der Waals surface area contributed by atoms with Crippen molar-refractivity contribution >= 4 is 23.2 Å².